The molecule has 0 saturated carbocycles. The molecule has 48 heavy (non-hydrogen) atoms. The molecule has 5 aromatic rings. The number of hydrogen-bond donors (Lipinski definition) is 3. The van der Waals surface area contributed by atoms with Crippen LogP contribution in [0.25, 0.3) is 11.2 Å². The molecule has 3 atom stereocenters. The smallest absolute Gasteiger partial charge is 0.280 e. The fraction of sp³-hybridized carbons (Fsp3) is 0.278. The number of nitrogens with one attached hydrogen (secondary N) is 2. The number of aromatic nitrogens is 4. The summed E-state index contributed by atoms with van der Waals surface area (Å²) in [6.07, 6.45) is 1.59. The predicted molar refractivity (Wildman–Crippen MR) is 179 cm³/mol. The Bertz CT molecular complexity index is 1880. The van der Waals surface area contributed by atoms with Crippen LogP contribution in [0.4, 0.5) is 5.95 Å². The highest BCUT2D eigenvalue weighted by molar-refractivity contribution is 5.89. The molecule has 0 radical (unpaired) electrons. The minimum absolute atomic E-state index is 0.00614. The highest BCUT2D eigenvalue weighted by Crippen LogP contribution is 2.43. The third kappa shape index (κ3) is 6.45. The van der Waals surface area contributed by atoms with Gasteiger partial charge in [0.1, 0.15) is 29.4 Å². The quantitative estimate of drug-likeness (QED) is 0.122. The lowest BCUT2D eigenvalue weighted by Gasteiger charge is -2.37. The van der Waals surface area contributed by atoms with Crippen LogP contribution in [0.15, 0.2) is 103 Å². The van der Waals surface area contributed by atoms with Crippen LogP contribution in [0.1, 0.15) is 42.2 Å². The first-order chi connectivity index (χ1) is 23.4. The van der Waals surface area contributed by atoms with Crippen molar-refractivity contribution in [2.75, 3.05) is 26.1 Å². The molecule has 0 aliphatic carbocycles. The van der Waals surface area contributed by atoms with Crippen molar-refractivity contribution in [3.05, 3.63) is 125 Å². The van der Waals surface area contributed by atoms with Crippen molar-refractivity contribution in [2.45, 2.75) is 43.3 Å². The van der Waals surface area contributed by atoms with Crippen molar-refractivity contribution in [2.24, 2.45) is 0 Å². The Morgan fingerprint density at radius 1 is 1.04 bits per heavy atom. The molecule has 1 amide bonds. The summed E-state index contributed by atoms with van der Waals surface area (Å²) in [5.74, 6) is 1.08. The van der Waals surface area contributed by atoms with E-state index in [2.05, 4.69) is 26.8 Å². The molecule has 6 rings (SSSR count). The fourth-order valence-electron chi connectivity index (χ4n) is 5.94. The first-order valence-electron chi connectivity index (χ1n) is 15.6. The average Bonchev–Trinajstić information content (AvgIpc) is 3.71. The Morgan fingerprint density at radius 2 is 1.67 bits per heavy atom. The number of aliphatic hydroxyl groups excluding tert-OH is 1. The minimum Gasteiger partial charge on any atom is -0.497 e. The highest BCUT2D eigenvalue weighted by Gasteiger charge is 2.42. The second-order valence-electron chi connectivity index (χ2n) is 11.4. The van der Waals surface area contributed by atoms with Gasteiger partial charge in [-0.15, -0.1) is 6.58 Å². The molecule has 3 N–H and O–H groups in total. The summed E-state index contributed by atoms with van der Waals surface area (Å²) in [7, 11) is 3.23. The molecule has 12 heteroatoms. The van der Waals surface area contributed by atoms with Crippen LogP contribution in [0.3, 0.4) is 0 Å². The van der Waals surface area contributed by atoms with Gasteiger partial charge in [0, 0.05) is 12.8 Å². The van der Waals surface area contributed by atoms with Gasteiger partial charge in [0.2, 0.25) is 11.9 Å². The van der Waals surface area contributed by atoms with Crippen molar-refractivity contribution >= 4 is 23.0 Å². The van der Waals surface area contributed by atoms with E-state index in [4.69, 9.17) is 18.9 Å². The van der Waals surface area contributed by atoms with Gasteiger partial charge in [-0.25, -0.2) is 4.98 Å². The molecular formula is C36H37N5O7. The van der Waals surface area contributed by atoms with Gasteiger partial charge in [-0.1, -0.05) is 60.7 Å². The summed E-state index contributed by atoms with van der Waals surface area (Å²) in [6, 6.07) is 25.2. The van der Waals surface area contributed by atoms with Crippen LogP contribution in [0.5, 0.6) is 11.5 Å². The normalized spacial score (nSPS) is 17.7. The molecule has 3 aromatic carbocycles. The van der Waals surface area contributed by atoms with Crippen LogP contribution in [-0.2, 0) is 19.9 Å². The second kappa shape index (κ2) is 14.2. The number of aromatic amines is 1. The first kappa shape index (κ1) is 32.6. The maximum atomic E-state index is 12.8. The number of H-pyrrole nitrogens is 1. The number of rotatable bonds is 13. The molecule has 0 spiro atoms. The molecule has 1 aliphatic rings. The van der Waals surface area contributed by atoms with E-state index in [1.807, 2.05) is 78.9 Å². The number of carbonyl (C=O) groups is 1. The summed E-state index contributed by atoms with van der Waals surface area (Å²) in [6.45, 7) is 3.63. The Balaban J connectivity index is 1.32. The van der Waals surface area contributed by atoms with Crippen LogP contribution in [-0.4, -0.2) is 63.6 Å². The number of benzene rings is 3. The number of imidazole rings is 1. The molecular weight excluding hydrogens is 614 g/mol. The van der Waals surface area contributed by atoms with E-state index in [-0.39, 0.29) is 42.5 Å². The monoisotopic (exact) mass is 651 g/mol. The van der Waals surface area contributed by atoms with Crippen LogP contribution < -0.4 is 20.3 Å². The third-order valence-electron chi connectivity index (χ3n) is 8.42. The van der Waals surface area contributed by atoms with E-state index >= 15 is 0 Å². The zero-order chi connectivity index (χ0) is 33.7. The van der Waals surface area contributed by atoms with Crippen molar-refractivity contribution in [3.63, 3.8) is 0 Å². The van der Waals surface area contributed by atoms with Gasteiger partial charge >= 0.3 is 0 Å². The number of ether oxygens (including phenoxy) is 4. The zero-order valence-corrected chi connectivity index (χ0v) is 26.7. The Labute approximate surface area is 277 Å². The Kier molecular flexibility index (Phi) is 9.67. The minimum atomic E-state index is -1.10. The van der Waals surface area contributed by atoms with Gasteiger partial charge in [-0.05, 0) is 47.4 Å². The van der Waals surface area contributed by atoms with Crippen molar-refractivity contribution < 1.29 is 28.8 Å². The summed E-state index contributed by atoms with van der Waals surface area (Å²) >= 11 is 0. The van der Waals surface area contributed by atoms with E-state index in [9.17, 15) is 14.7 Å². The molecule has 0 bridgehead atoms. The lowest BCUT2D eigenvalue weighted by molar-refractivity contribution is -0.116. The molecule has 2 aromatic heterocycles. The molecule has 0 unspecified atom stereocenters. The molecule has 1 fully saturated rings. The summed E-state index contributed by atoms with van der Waals surface area (Å²) in [5.41, 5.74) is 1.24. The summed E-state index contributed by atoms with van der Waals surface area (Å²) < 4.78 is 25.8. The largest absolute Gasteiger partial charge is 0.497 e. The zero-order valence-electron chi connectivity index (χ0n) is 26.7. The van der Waals surface area contributed by atoms with Crippen LogP contribution in [0, 0.1) is 0 Å². The highest BCUT2D eigenvalue weighted by atomic mass is 16.6. The lowest BCUT2D eigenvalue weighted by atomic mass is 9.80. The maximum absolute atomic E-state index is 12.8. The topological polar surface area (TPSA) is 150 Å². The standard InChI is InChI=1S/C36H37N5O7/c1-4-5-11-30(43)38-35-39-33-32(34(44)40-35)37-22-41(33)31-20-28(42)29(48-31)21-47-36(23-9-7-6-8-10-23,24-12-16-26(45-2)17-13-24)25-14-18-27(46-3)19-15-25/h4,6-10,12-19,22,28-29,31,42H,1,5,11,20-21H2,2-3H3,(H2,38,39,40,43,44)/t28-,29+,31+/m0/s1. The number of aliphatic hydroxyl groups is 1. The number of hydrogen-bond acceptors (Lipinski definition) is 9. The van der Waals surface area contributed by atoms with Gasteiger partial charge in [-0.3, -0.25) is 24.5 Å². The van der Waals surface area contributed by atoms with E-state index in [0.717, 1.165) is 16.7 Å². The molecule has 12 nitrogen and oxygen atoms in total. The maximum Gasteiger partial charge on any atom is 0.280 e. The summed E-state index contributed by atoms with van der Waals surface area (Å²) in [5, 5.41) is 13.9. The Hall–Kier alpha value is -5.30. The number of methoxy groups -OCH3 is 2. The third-order valence-corrected chi connectivity index (χ3v) is 8.42. The van der Waals surface area contributed by atoms with Crippen LogP contribution >= 0.6 is 0 Å². The van der Waals surface area contributed by atoms with Crippen LogP contribution in [0.2, 0.25) is 0 Å². The van der Waals surface area contributed by atoms with Crippen molar-refractivity contribution in [3.8, 4) is 11.5 Å². The number of fused-ring (bicyclic) bond motifs is 1. The van der Waals surface area contributed by atoms with Gasteiger partial charge in [0.05, 0.1) is 33.3 Å². The number of anilines is 1. The van der Waals surface area contributed by atoms with Crippen molar-refractivity contribution in [1.82, 2.24) is 19.5 Å². The molecule has 1 aliphatic heterocycles. The summed E-state index contributed by atoms with van der Waals surface area (Å²) in [4.78, 5) is 36.3. The molecule has 248 valence electrons. The SMILES string of the molecule is C=CCCC(=O)Nc1nc2c(ncn2[C@H]2C[C@H](O)[C@@H](COC(c3ccccc3)(c3ccc(OC)cc3)c3ccc(OC)cc3)O2)c(=O)[nH]1. The van der Waals surface area contributed by atoms with Gasteiger partial charge < -0.3 is 24.1 Å². The first-order valence-corrected chi connectivity index (χ1v) is 15.6. The number of carbonyl (C=O) groups excluding carboxylic acids is 1. The number of allylic oxidation sites excluding steroid dienone is 1. The van der Waals surface area contributed by atoms with Gasteiger partial charge in [-0.2, -0.15) is 4.98 Å². The Morgan fingerprint density at radius 3 is 2.27 bits per heavy atom. The van der Waals surface area contributed by atoms with E-state index in [1.165, 1.54) is 6.33 Å². The second-order valence-corrected chi connectivity index (χ2v) is 11.4. The molecule has 1 saturated heterocycles. The predicted octanol–water partition coefficient (Wildman–Crippen LogP) is 4.70. The average molecular weight is 652 g/mol. The van der Waals surface area contributed by atoms with Gasteiger partial charge in [0.15, 0.2) is 11.2 Å². The molecule has 3 heterocycles. The fourth-order valence-corrected chi connectivity index (χ4v) is 5.94. The van der Waals surface area contributed by atoms with Crippen molar-refractivity contribution in [1.29, 1.82) is 0 Å². The lowest BCUT2D eigenvalue weighted by Crippen LogP contribution is -2.38. The van der Waals surface area contributed by atoms with Gasteiger partial charge in [0.25, 0.3) is 5.56 Å². The van der Waals surface area contributed by atoms with E-state index < -0.39 is 29.6 Å². The number of nitrogens with zero attached hydrogens (tertiary/aromatic N) is 3. The van der Waals surface area contributed by atoms with E-state index in [1.54, 1.807) is 24.9 Å². The number of amides is 1. The van der Waals surface area contributed by atoms with E-state index in [0.29, 0.717) is 17.9 Å².